The van der Waals surface area contributed by atoms with Gasteiger partial charge in [-0.3, -0.25) is 0 Å². The van der Waals surface area contributed by atoms with Crippen LogP contribution in [0.4, 0.5) is 0 Å². The van der Waals surface area contributed by atoms with Crippen LogP contribution in [0.3, 0.4) is 0 Å². The van der Waals surface area contributed by atoms with Gasteiger partial charge in [0, 0.05) is 50.9 Å². The van der Waals surface area contributed by atoms with Crippen LogP contribution in [0.25, 0.3) is 0 Å². The Labute approximate surface area is 158 Å². The standard InChI is InChI=1S/C17H25N5O4S/c1-12(2)15-19-20-16(26-15)13-8-22(10-17(13)4-6-25-7-5-17)27(23,24)14-9-21(3)11-18-14/h9,11-13H,4-8,10H2,1-3H3. The molecule has 4 rings (SSSR count). The lowest BCUT2D eigenvalue weighted by Crippen LogP contribution is -2.37. The van der Waals surface area contributed by atoms with Crippen LogP contribution in [-0.2, 0) is 21.8 Å². The first-order chi connectivity index (χ1) is 12.8. The lowest BCUT2D eigenvalue weighted by atomic mass is 9.72. The molecular weight excluding hydrogens is 370 g/mol. The van der Waals surface area contributed by atoms with Crippen LogP contribution in [0.2, 0.25) is 0 Å². The zero-order valence-corrected chi connectivity index (χ0v) is 16.6. The molecule has 2 aliphatic rings. The summed E-state index contributed by atoms with van der Waals surface area (Å²) in [5.74, 6) is 1.10. The van der Waals surface area contributed by atoms with Crippen molar-refractivity contribution in [3.05, 3.63) is 24.3 Å². The fourth-order valence-corrected chi connectivity index (χ4v) is 5.52. The summed E-state index contributed by atoms with van der Waals surface area (Å²) in [6, 6.07) is 0. The molecule has 2 aliphatic heterocycles. The molecule has 4 heterocycles. The first-order valence-corrected chi connectivity index (χ1v) is 10.6. The summed E-state index contributed by atoms with van der Waals surface area (Å²) >= 11 is 0. The Morgan fingerprint density at radius 1 is 1.26 bits per heavy atom. The van der Waals surface area contributed by atoms with Gasteiger partial charge in [-0.2, -0.15) is 4.31 Å². The molecule has 148 valence electrons. The molecule has 2 saturated heterocycles. The number of sulfonamides is 1. The van der Waals surface area contributed by atoms with Gasteiger partial charge >= 0.3 is 0 Å². The molecule has 1 atom stereocenters. The molecule has 0 radical (unpaired) electrons. The van der Waals surface area contributed by atoms with E-state index in [-0.39, 0.29) is 22.3 Å². The minimum absolute atomic E-state index is 0.0706. The number of imidazole rings is 1. The van der Waals surface area contributed by atoms with E-state index in [4.69, 9.17) is 9.15 Å². The third-order valence-electron chi connectivity index (χ3n) is 5.64. The smallest absolute Gasteiger partial charge is 0.262 e. The molecule has 10 heteroatoms. The Balaban J connectivity index is 1.69. The summed E-state index contributed by atoms with van der Waals surface area (Å²) in [5, 5.41) is 8.49. The topological polar surface area (TPSA) is 103 Å². The van der Waals surface area contributed by atoms with Crippen molar-refractivity contribution in [1.82, 2.24) is 24.1 Å². The molecule has 0 bridgehead atoms. The Morgan fingerprint density at radius 2 is 2.00 bits per heavy atom. The minimum Gasteiger partial charge on any atom is -0.425 e. The molecule has 0 N–H and O–H groups in total. The number of nitrogens with zero attached hydrogens (tertiary/aromatic N) is 5. The highest BCUT2D eigenvalue weighted by Gasteiger charge is 2.53. The molecule has 2 aromatic heterocycles. The van der Waals surface area contributed by atoms with Gasteiger partial charge in [0.1, 0.15) is 0 Å². The average Bonchev–Trinajstić information content (AvgIpc) is 3.34. The fraction of sp³-hybridized carbons (Fsp3) is 0.706. The third-order valence-corrected chi connectivity index (χ3v) is 7.34. The molecule has 0 saturated carbocycles. The maximum atomic E-state index is 13.1. The van der Waals surface area contributed by atoms with Gasteiger partial charge in [-0.1, -0.05) is 13.8 Å². The van der Waals surface area contributed by atoms with Crippen molar-refractivity contribution in [2.45, 2.75) is 43.6 Å². The highest BCUT2D eigenvalue weighted by Crippen LogP contribution is 2.50. The van der Waals surface area contributed by atoms with Crippen LogP contribution in [0, 0.1) is 5.41 Å². The summed E-state index contributed by atoms with van der Waals surface area (Å²) in [4.78, 5) is 4.05. The van der Waals surface area contributed by atoms with Crippen molar-refractivity contribution >= 4 is 10.0 Å². The van der Waals surface area contributed by atoms with E-state index in [1.807, 2.05) is 13.8 Å². The quantitative estimate of drug-likeness (QED) is 0.773. The van der Waals surface area contributed by atoms with Gasteiger partial charge < -0.3 is 13.7 Å². The summed E-state index contributed by atoms with van der Waals surface area (Å²) in [5.41, 5.74) is -0.249. The van der Waals surface area contributed by atoms with Gasteiger partial charge in [0.25, 0.3) is 10.0 Å². The first-order valence-electron chi connectivity index (χ1n) is 9.21. The molecule has 0 amide bonds. The van der Waals surface area contributed by atoms with E-state index in [0.29, 0.717) is 38.1 Å². The van der Waals surface area contributed by atoms with Crippen molar-refractivity contribution in [3.63, 3.8) is 0 Å². The number of ether oxygens (including phenoxy) is 1. The Morgan fingerprint density at radius 3 is 2.59 bits per heavy atom. The van der Waals surface area contributed by atoms with E-state index in [9.17, 15) is 8.42 Å². The highest BCUT2D eigenvalue weighted by molar-refractivity contribution is 7.89. The molecule has 1 unspecified atom stereocenters. The molecule has 2 aromatic rings. The monoisotopic (exact) mass is 395 g/mol. The van der Waals surface area contributed by atoms with Crippen molar-refractivity contribution in [2.75, 3.05) is 26.3 Å². The lowest BCUT2D eigenvalue weighted by Gasteiger charge is -2.36. The van der Waals surface area contributed by atoms with Crippen molar-refractivity contribution in [2.24, 2.45) is 12.5 Å². The van der Waals surface area contributed by atoms with Gasteiger partial charge in [0.05, 0.1) is 12.2 Å². The lowest BCUT2D eigenvalue weighted by molar-refractivity contribution is 0.0110. The predicted octanol–water partition coefficient (Wildman–Crippen LogP) is 1.51. The van der Waals surface area contributed by atoms with Crippen molar-refractivity contribution < 1.29 is 17.6 Å². The Kier molecular flexibility index (Phi) is 4.59. The number of hydrogen-bond donors (Lipinski definition) is 0. The van der Waals surface area contributed by atoms with Crippen LogP contribution in [-0.4, -0.2) is 58.8 Å². The van der Waals surface area contributed by atoms with Gasteiger partial charge in [-0.15, -0.1) is 10.2 Å². The molecular formula is C17H25N5O4S. The van der Waals surface area contributed by atoms with Gasteiger partial charge in [-0.25, -0.2) is 13.4 Å². The normalized spacial score (nSPS) is 23.5. The average molecular weight is 395 g/mol. The molecule has 9 nitrogen and oxygen atoms in total. The van der Waals surface area contributed by atoms with E-state index in [1.54, 1.807) is 11.6 Å². The molecule has 2 fully saturated rings. The maximum Gasteiger partial charge on any atom is 0.262 e. The van der Waals surface area contributed by atoms with Gasteiger partial charge in [-0.05, 0) is 12.8 Å². The first kappa shape index (κ1) is 18.6. The van der Waals surface area contributed by atoms with E-state index >= 15 is 0 Å². The van der Waals surface area contributed by atoms with Gasteiger partial charge in [0.2, 0.25) is 11.8 Å². The molecule has 27 heavy (non-hydrogen) atoms. The third kappa shape index (κ3) is 3.19. The van der Waals surface area contributed by atoms with E-state index in [2.05, 4.69) is 15.2 Å². The summed E-state index contributed by atoms with van der Waals surface area (Å²) < 4.78 is 40.9. The summed E-state index contributed by atoms with van der Waals surface area (Å²) in [6.45, 7) is 5.94. The van der Waals surface area contributed by atoms with Gasteiger partial charge in [0.15, 0.2) is 5.03 Å². The molecule has 0 aromatic carbocycles. The number of aromatic nitrogens is 4. The van der Waals surface area contributed by atoms with E-state index in [0.717, 1.165) is 12.8 Å². The summed E-state index contributed by atoms with van der Waals surface area (Å²) in [7, 11) is -1.92. The van der Waals surface area contributed by atoms with E-state index < -0.39 is 10.0 Å². The van der Waals surface area contributed by atoms with Crippen LogP contribution in [0.15, 0.2) is 22.0 Å². The minimum atomic E-state index is -3.67. The second-order valence-electron chi connectivity index (χ2n) is 7.84. The fourth-order valence-electron chi connectivity index (χ4n) is 4.01. The Bertz CT molecular complexity index is 913. The molecule has 1 spiro atoms. The largest absolute Gasteiger partial charge is 0.425 e. The van der Waals surface area contributed by atoms with Crippen LogP contribution < -0.4 is 0 Å². The van der Waals surface area contributed by atoms with Crippen LogP contribution in [0.5, 0.6) is 0 Å². The van der Waals surface area contributed by atoms with Crippen LogP contribution >= 0.6 is 0 Å². The van der Waals surface area contributed by atoms with Crippen LogP contribution in [0.1, 0.15) is 50.3 Å². The summed E-state index contributed by atoms with van der Waals surface area (Å²) in [6.07, 6.45) is 4.57. The predicted molar refractivity (Wildman–Crippen MR) is 95.6 cm³/mol. The number of rotatable bonds is 4. The zero-order valence-electron chi connectivity index (χ0n) is 15.8. The van der Waals surface area contributed by atoms with Crippen molar-refractivity contribution in [1.29, 1.82) is 0 Å². The highest BCUT2D eigenvalue weighted by atomic mass is 32.2. The zero-order chi connectivity index (χ0) is 19.2. The number of hydrogen-bond acceptors (Lipinski definition) is 7. The number of aryl methyl sites for hydroxylation is 1. The maximum absolute atomic E-state index is 13.1. The second kappa shape index (κ2) is 6.68. The molecule has 0 aliphatic carbocycles. The second-order valence-corrected chi connectivity index (χ2v) is 9.72. The van der Waals surface area contributed by atoms with Crippen molar-refractivity contribution in [3.8, 4) is 0 Å². The Hall–Kier alpha value is -1.78. The SMILES string of the molecule is CC(C)c1nnc(C2CN(S(=O)(=O)c3cn(C)cn3)CC23CCOCC3)o1. The van der Waals surface area contributed by atoms with E-state index in [1.165, 1.54) is 16.8 Å².